The molecule has 10 heteroatoms. The second-order valence-corrected chi connectivity index (χ2v) is 14.4. The van der Waals surface area contributed by atoms with Crippen LogP contribution in [0.15, 0.2) is 36.4 Å². The first-order chi connectivity index (χ1) is 21.4. The number of thioether (sulfide) groups is 2. The van der Waals surface area contributed by atoms with Crippen molar-refractivity contribution in [3.8, 4) is 0 Å². The average Bonchev–Trinajstić information content (AvgIpc) is 3.07. The molecule has 5 aromatic rings. The highest BCUT2D eigenvalue weighted by molar-refractivity contribution is 7.99. The number of imide groups is 2. The fraction of sp³-hybridized carbons (Fsp3) is 0.294. The first kappa shape index (κ1) is 26.4. The van der Waals surface area contributed by atoms with Gasteiger partial charge in [-0.2, -0.15) is 23.5 Å². The quantitative estimate of drug-likeness (QED) is 0.150. The third-order valence-corrected chi connectivity index (χ3v) is 11.8. The first-order valence-corrected chi connectivity index (χ1v) is 17.3. The summed E-state index contributed by atoms with van der Waals surface area (Å²) < 4.78 is 0. The number of amides is 4. The molecule has 4 aliphatic heterocycles. The second kappa shape index (κ2) is 9.25. The number of benzene rings is 5. The lowest BCUT2D eigenvalue weighted by molar-refractivity contribution is 0.0635. The van der Waals surface area contributed by atoms with Gasteiger partial charge in [0.1, 0.15) is 0 Å². The van der Waals surface area contributed by atoms with Gasteiger partial charge in [0, 0.05) is 118 Å². The molecule has 220 valence electrons. The van der Waals surface area contributed by atoms with Gasteiger partial charge >= 0.3 is 0 Å². The molecule has 0 bridgehead atoms. The molecule has 0 radical (unpaired) electrons. The van der Waals surface area contributed by atoms with Crippen molar-refractivity contribution in [2.45, 2.75) is 0 Å². The third-order valence-electron chi connectivity index (χ3n) is 9.91. The molecule has 8 nitrogen and oxygen atoms in total. The second-order valence-electron chi connectivity index (χ2n) is 12.0. The van der Waals surface area contributed by atoms with E-state index < -0.39 is 0 Å². The Morgan fingerprint density at radius 3 is 1.23 bits per heavy atom. The van der Waals surface area contributed by atoms with Crippen molar-refractivity contribution in [1.29, 1.82) is 0 Å². The SMILES string of the molecule is CN1C(=O)c2ccc3c4c(N5CCSCC5)cc5c6c(ccc(c7c(N8CCSCC8)cc(c2c37)C1=O)c64)C(=O)N(C)C5=O. The molecule has 4 amide bonds. The molecule has 0 aromatic heterocycles. The first-order valence-electron chi connectivity index (χ1n) is 14.9. The summed E-state index contributed by atoms with van der Waals surface area (Å²) in [6.45, 7) is 3.36. The number of carbonyl (C=O) groups excluding carboxylic acids is 4. The summed E-state index contributed by atoms with van der Waals surface area (Å²) in [5.74, 6) is 2.74. The summed E-state index contributed by atoms with van der Waals surface area (Å²) in [6, 6.07) is 11.7. The largest absolute Gasteiger partial charge is 0.369 e. The number of carbonyl (C=O) groups is 4. The van der Waals surface area contributed by atoms with Gasteiger partial charge in [-0.1, -0.05) is 12.1 Å². The van der Waals surface area contributed by atoms with Crippen LogP contribution in [0.3, 0.4) is 0 Å². The van der Waals surface area contributed by atoms with Gasteiger partial charge in [0.05, 0.1) is 11.1 Å². The molecule has 0 atom stereocenters. The Bertz CT molecular complexity index is 2010. The average molecular weight is 621 g/mol. The topological polar surface area (TPSA) is 81.2 Å². The number of hydrogen-bond donors (Lipinski definition) is 0. The van der Waals surface area contributed by atoms with Gasteiger partial charge in [-0.3, -0.25) is 29.0 Å². The van der Waals surface area contributed by atoms with E-state index in [2.05, 4.69) is 9.80 Å². The predicted molar refractivity (Wildman–Crippen MR) is 180 cm³/mol. The van der Waals surface area contributed by atoms with E-state index in [1.54, 1.807) is 14.1 Å². The Labute approximate surface area is 261 Å². The number of anilines is 2. The maximum Gasteiger partial charge on any atom is 0.261 e. The Kier molecular flexibility index (Phi) is 5.55. The molecule has 5 aromatic carbocycles. The number of rotatable bonds is 2. The molecule has 4 heterocycles. The van der Waals surface area contributed by atoms with E-state index in [4.69, 9.17) is 0 Å². The lowest BCUT2D eigenvalue weighted by Crippen LogP contribution is -2.38. The molecule has 0 spiro atoms. The van der Waals surface area contributed by atoms with Gasteiger partial charge in [-0.25, -0.2) is 0 Å². The van der Waals surface area contributed by atoms with Gasteiger partial charge in [-0.15, -0.1) is 0 Å². The maximum absolute atomic E-state index is 13.8. The minimum Gasteiger partial charge on any atom is -0.369 e. The molecule has 44 heavy (non-hydrogen) atoms. The molecule has 9 rings (SSSR count). The molecule has 0 N–H and O–H groups in total. The molecule has 0 aliphatic carbocycles. The van der Waals surface area contributed by atoms with Crippen LogP contribution in [0, 0.1) is 0 Å². The van der Waals surface area contributed by atoms with Crippen molar-refractivity contribution in [2.24, 2.45) is 0 Å². The van der Waals surface area contributed by atoms with Crippen molar-refractivity contribution in [2.75, 3.05) is 73.1 Å². The van der Waals surface area contributed by atoms with Crippen LogP contribution in [0.4, 0.5) is 11.4 Å². The van der Waals surface area contributed by atoms with Crippen LogP contribution in [0.5, 0.6) is 0 Å². The van der Waals surface area contributed by atoms with Gasteiger partial charge in [-0.05, 0) is 35.0 Å². The predicted octanol–water partition coefficient (Wildman–Crippen LogP) is 5.30. The van der Waals surface area contributed by atoms with Crippen LogP contribution in [0.2, 0.25) is 0 Å². The third kappa shape index (κ3) is 3.27. The van der Waals surface area contributed by atoms with E-state index in [1.807, 2.05) is 59.9 Å². The molecular weight excluding hydrogens is 593 g/mol. The Morgan fingerprint density at radius 2 is 0.841 bits per heavy atom. The zero-order valence-corrected chi connectivity index (χ0v) is 26.0. The fourth-order valence-electron chi connectivity index (χ4n) is 7.77. The molecule has 2 saturated heterocycles. The summed E-state index contributed by atoms with van der Waals surface area (Å²) in [5, 5.41) is 7.08. The number of hydrogen-bond acceptors (Lipinski definition) is 8. The summed E-state index contributed by atoms with van der Waals surface area (Å²) in [5.41, 5.74) is 4.09. The van der Waals surface area contributed by atoms with Gasteiger partial charge in [0.2, 0.25) is 0 Å². The van der Waals surface area contributed by atoms with E-state index in [9.17, 15) is 19.2 Å². The lowest BCUT2D eigenvalue weighted by atomic mass is 9.80. The highest BCUT2D eigenvalue weighted by Gasteiger charge is 2.37. The Balaban J connectivity index is 1.55. The monoisotopic (exact) mass is 620 g/mol. The normalized spacial score (nSPS) is 19.1. The lowest BCUT2D eigenvalue weighted by Gasteiger charge is -2.35. The smallest absolute Gasteiger partial charge is 0.261 e. The summed E-state index contributed by atoms with van der Waals surface area (Å²) in [6.07, 6.45) is 0. The Morgan fingerprint density at radius 1 is 0.477 bits per heavy atom. The molecule has 0 saturated carbocycles. The van der Waals surface area contributed by atoms with Crippen molar-refractivity contribution >= 4 is 102 Å². The highest BCUT2D eigenvalue weighted by Crippen LogP contribution is 2.52. The minimum absolute atomic E-state index is 0.289. The van der Waals surface area contributed by atoms with Crippen LogP contribution in [0.25, 0.3) is 43.1 Å². The van der Waals surface area contributed by atoms with Gasteiger partial charge in [0.25, 0.3) is 23.6 Å². The fourth-order valence-corrected chi connectivity index (χ4v) is 9.58. The summed E-state index contributed by atoms with van der Waals surface area (Å²) in [4.78, 5) is 61.7. The van der Waals surface area contributed by atoms with Crippen LogP contribution >= 0.6 is 23.5 Å². The Hall–Kier alpha value is -4.02. The molecule has 4 aliphatic rings. The van der Waals surface area contributed by atoms with E-state index in [0.717, 1.165) is 92.9 Å². The standard InChI is InChI=1S/C34H28N4O4S2/c1-35-31(39)19-5-3-17-28-24(38-9-13-44-14-10-38)16-22-26-20(32(40)36(2)34(22)42)6-4-18(30(26)28)27-23(37-7-11-43-12-8-37)15-21(33(35)41)25(19)29(17)27/h3-6,15-16H,7-14H2,1-2H3. The summed E-state index contributed by atoms with van der Waals surface area (Å²) >= 11 is 3.84. The zero-order chi connectivity index (χ0) is 30.0. The molecular formula is C34H28N4O4S2. The zero-order valence-electron chi connectivity index (χ0n) is 24.4. The summed E-state index contributed by atoms with van der Waals surface area (Å²) in [7, 11) is 3.11. The van der Waals surface area contributed by atoms with Crippen molar-refractivity contribution in [3.63, 3.8) is 0 Å². The molecule has 2 fully saturated rings. The van der Waals surface area contributed by atoms with E-state index >= 15 is 0 Å². The van der Waals surface area contributed by atoms with Crippen LogP contribution in [-0.4, -0.2) is 96.7 Å². The van der Waals surface area contributed by atoms with Crippen LogP contribution in [-0.2, 0) is 0 Å². The van der Waals surface area contributed by atoms with E-state index in [0.29, 0.717) is 33.0 Å². The maximum atomic E-state index is 13.8. The van der Waals surface area contributed by atoms with Crippen LogP contribution in [0.1, 0.15) is 41.4 Å². The molecule has 0 unspecified atom stereocenters. The highest BCUT2D eigenvalue weighted by atomic mass is 32.2. The number of nitrogens with zero attached hydrogens (tertiary/aromatic N) is 4. The van der Waals surface area contributed by atoms with Gasteiger partial charge < -0.3 is 9.80 Å². The van der Waals surface area contributed by atoms with E-state index in [1.165, 1.54) is 9.80 Å². The van der Waals surface area contributed by atoms with Crippen molar-refractivity contribution < 1.29 is 19.2 Å². The van der Waals surface area contributed by atoms with Crippen LogP contribution < -0.4 is 9.80 Å². The van der Waals surface area contributed by atoms with Gasteiger partial charge in [0.15, 0.2) is 0 Å². The van der Waals surface area contributed by atoms with Crippen molar-refractivity contribution in [3.05, 3.63) is 58.7 Å². The minimum atomic E-state index is -0.300. The number of fused-ring (bicyclic) bond motifs is 2. The van der Waals surface area contributed by atoms with Crippen molar-refractivity contribution in [1.82, 2.24) is 9.80 Å². The van der Waals surface area contributed by atoms with E-state index in [-0.39, 0.29) is 23.6 Å².